The lowest BCUT2D eigenvalue weighted by Crippen LogP contribution is -2.51. The number of nitrogens with one attached hydrogen (secondary N) is 1. The monoisotopic (exact) mass is 324 g/mol. The summed E-state index contributed by atoms with van der Waals surface area (Å²) in [6.07, 6.45) is 3.09. The van der Waals surface area contributed by atoms with Gasteiger partial charge >= 0.3 is 0 Å². The van der Waals surface area contributed by atoms with E-state index in [4.69, 9.17) is 4.74 Å². The van der Waals surface area contributed by atoms with Crippen LogP contribution in [-0.2, 0) is 9.53 Å². The van der Waals surface area contributed by atoms with Crippen LogP contribution >= 0.6 is 22.9 Å². The molecular weight excluding hydrogens is 307 g/mol. The van der Waals surface area contributed by atoms with Crippen LogP contribution in [0.1, 0.15) is 19.3 Å². The standard InChI is InChI=1S/C10H17IN2O2/c11-12-9(14)1-4-13-5-2-10(3-6-13)7-15-8-10/h1-8H2,(H,12,14). The fourth-order valence-electron chi connectivity index (χ4n) is 2.24. The number of ether oxygens (including phenoxy) is 1. The van der Waals surface area contributed by atoms with E-state index in [0.717, 1.165) is 32.8 Å². The number of likely N-dealkylation sites (tertiary alicyclic amines) is 1. The maximum Gasteiger partial charge on any atom is 0.229 e. The van der Waals surface area contributed by atoms with Gasteiger partial charge in [0.15, 0.2) is 0 Å². The maximum absolute atomic E-state index is 11.1. The molecule has 2 aliphatic rings. The molecule has 1 N–H and O–H groups in total. The summed E-state index contributed by atoms with van der Waals surface area (Å²) in [7, 11) is 0. The lowest BCUT2D eigenvalue weighted by atomic mass is 9.77. The molecule has 15 heavy (non-hydrogen) atoms. The van der Waals surface area contributed by atoms with Crippen LogP contribution in [-0.4, -0.2) is 43.7 Å². The molecule has 0 saturated carbocycles. The molecular formula is C10H17IN2O2. The van der Waals surface area contributed by atoms with Gasteiger partial charge in [0, 0.05) is 18.4 Å². The van der Waals surface area contributed by atoms with Crippen molar-refractivity contribution >= 4 is 28.8 Å². The van der Waals surface area contributed by atoms with E-state index >= 15 is 0 Å². The quantitative estimate of drug-likeness (QED) is 0.621. The molecule has 0 aromatic rings. The predicted molar refractivity (Wildman–Crippen MR) is 65.7 cm³/mol. The molecule has 1 spiro atoms. The smallest absolute Gasteiger partial charge is 0.229 e. The van der Waals surface area contributed by atoms with Crippen LogP contribution in [0.3, 0.4) is 0 Å². The molecule has 0 aliphatic carbocycles. The van der Waals surface area contributed by atoms with Crippen molar-refractivity contribution in [1.29, 1.82) is 0 Å². The molecule has 86 valence electrons. The number of carbonyl (C=O) groups is 1. The summed E-state index contributed by atoms with van der Waals surface area (Å²) >= 11 is 1.89. The first-order valence-electron chi connectivity index (χ1n) is 5.44. The summed E-state index contributed by atoms with van der Waals surface area (Å²) in [5.74, 6) is 0.128. The van der Waals surface area contributed by atoms with Crippen LogP contribution in [0.2, 0.25) is 0 Å². The third-order valence-electron chi connectivity index (χ3n) is 3.49. The lowest BCUT2D eigenvalue weighted by molar-refractivity contribution is -0.140. The molecule has 2 saturated heterocycles. The van der Waals surface area contributed by atoms with E-state index in [1.54, 1.807) is 0 Å². The van der Waals surface area contributed by atoms with E-state index < -0.39 is 0 Å². The Morgan fingerprint density at radius 1 is 1.40 bits per heavy atom. The number of hydrogen-bond donors (Lipinski definition) is 1. The molecule has 0 radical (unpaired) electrons. The fourth-order valence-corrected chi connectivity index (χ4v) is 2.51. The van der Waals surface area contributed by atoms with E-state index in [-0.39, 0.29) is 5.91 Å². The van der Waals surface area contributed by atoms with E-state index in [9.17, 15) is 4.79 Å². The highest BCUT2D eigenvalue weighted by Gasteiger charge is 2.40. The zero-order valence-electron chi connectivity index (χ0n) is 8.80. The van der Waals surface area contributed by atoms with E-state index in [2.05, 4.69) is 8.43 Å². The first kappa shape index (κ1) is 11.6. The van der Waals surface area contributed by atoms with Gasteiger partial charge in [0.1, 0.15) is 0 Å². The van der Waals surface area contributed by atoms with Gasteiger partial charge in [0.25, 0.3) is 0 Å². The van der Waals surface area contributed by atoms with Gasteiger partial charge in [-0.1, -0.05) is 0 Å². The Morgan fingerprint density at radius 3 is 2.53 bits per heavy atom. The SMILES string of the molecule is O=C(CCN1CCC2(CC1)COC2)NI. The van der Waals surface area contributed by atoms with Crippen LogP contribution in [0, 0.1) is 5.41 Å². The van der Waals surface area contributed by atoms with Gasteiger partial charge in [0.05, 0.1) is 36.1 Å². The van der Waals surface area contributed by atoms with Crippen molar-refractivity contribution in [2.45, 2.75) is 19.3 Å². The topological polar surface area (TPSA) is 41.6 Å². The normalized spacial score (nSPS) is 24.9. The largest absolute Gasteiger partial charge is 0.380 e. The van der Waals surface area contributed by atoms with Crippen LogP contribution in [0.15, 0.2) is 0 Å². The summed E-state index contributed by atoms with van der Waals surface area (Å²) in [4.78, 5) is 13.5. The second-order valence-electron chi connectivity index (χ2n) is 4.60. The lowest BCUT2D eigenvalue weighted by Gasteiger charge is -2.47. The molecule has 0 bridgehead atoms. The number of amides is 1. The van der Waals surface area contributed by atoms with Gasteiger partial charge in [-0.2, -0.15) is 0 Å². The summed E-state index contributed by atoms with van der Waals surface area (Å²) in [6.45, 7) is 5.05. The van der Waals surface area contributed by atoms with Gasteiger partial charge in [-0.3, -0.25) is 8.32 Å². The average Bonchev–Trinajstić information content (AvgIpc) is 2.24. The molecule has 2 heterocycles. The van der Waals surface area contributed by atoms with Gasteiger partial charge < -0.3 is 9.64 Å². The van der Waals surface area contributed by atoms with Gasteiger partial charge in [-0.15, -0.1) is 0 Å². The molecule has 1 amide bonds. The zero-order valence-corrected chi connectivity index (χ0v) is 11.0. The van der Waals surface area contributed by atoms with Crippen molar-refractivity contribution in [3.05, 3.63) is 0 Å². The Bertz CT molecular complexity index is 234. The molecule has 0 atom stereocenters. The van der Waals surface area contributed by atoms with Crippen molar-refractivity contribution in [2.24, 2.45) is 5.41 Å². The van der Waals surface area contributed by atoms with Crippen molar-refractivity contribution in [1.82, 2.24) is 8.43 Å². The maximum atomic E-state index is 11.1. The van der Waals surface area contributed by atoms with Gasteiger partial charge in [-0.25, -0.2) is 0 Å². The molecule has 0 unspecified atom stereocenters. The van der Waals surface area contributed by atoms with Crippen molar-refractivity contribution < 1.29 is 9.53 Å². The first-order valence-corrected chi connectivity index (χ1v) is 6.52. The van der Waals surface area contributed by atoms with E-state index in [1.165, 1.54) is 12.8 Å². The number of rotatable bonds is 3. The van der Waals surface area contributed by atoms with Crippen molar-refractivity contribution in [2.75, 3.05) is 32.8 Å². The first-order chi connectivity index (χ1) is 7.24. The summed E-state index contributed by atoms with van der Waals surface area (Å²) in [5, 5.41) is 0. The predicted octanol–water partition coefficient (Wildman–Crippen LogP) is 0.955. The third kappa shape index (κ3) is 2.82. The van der Waals surface area contributed by atoms with Crippen LogP contribution in [0.25, 0.3) is 0 Å². The highest BCUT2D eigenvalue weighted by Crippen LogP contribution is 2.38. The second-order valence-corrected chi connectivity index (χ2v) is 5.14. The minimum atomic E-state index is 0.128. The van der Waals surface area contributed by atoms with Crippen LogP contribution in [0.5, 0.6) is 0 Å². The molecule has 4 nitrogen and oxygen atoms in total. The molecule has 0 aromatic carbocycles. The number of nitrogens with zero attached hydrogens (tertiary/aromatic N) is 1. The second kappa shape index (κ2) is 4.97. The Morgan fingerprint density at radius 2 is 2.07 bits per heavy atom. The Labute approximate surface area is 104 Å². The highest BCUT2D eigenvalue weighted by atomic mass is 127. The molecule has 2 rings (SSSR count). The van der Waals surface area contributed by atoms with Crippen LogP contribution < -0.4 is 3.53 Å². The molecule has 2 fully saturated rings. The van der Waals surface area contributed by atoms with Crippen molar-refractivity contribution in [3.8, 4) is 0 Å². The number of hydrogen-bond acceptors (Lipinski definition) is 3. The molecule has 2 aliphatic heterocycles. The minimum absolute atomic E-state index is 0.128. The number of piperidine rings is 1. The van der Waals surface area contributed by atoms with E-state index in [0.29, 0.717) is 11.8 Å². The van der Waals surface area contributed by atoms with Crippen LogP contribution in [0.4, 0.5) is 0 Å². The summed E-state index contributed by atoms with van der Waals surface area (Å²) < 4.78 is 7.91. The van der Waals surface area contributed by atoms with E-state index in [1.807, 2.05) is 22.9 Å². The minimum Gasteiger partial charge on any atom is -0.380 e. The Balaban J connectivity index is 1.67. The zero-order chi connectivity index (χ0) is 10.7. The highest BCUT2D eigenvalue weighted by molar-refractivity contribution is 14.1. The van der Waals surface area contributed by atoms with Crippen molar-refractivity contribution in [3.63, 3.8) is 0 Å². The van der Waals surface area contributed by atoms with Gasteiger partial charge in [-0.05, 0) is 25.9 Å². The average molecular weight is 324 g/mol. The summed E-state index contributed by atoms with van der Waals surface area (Å²) in [5.41, 5.74) is 0.502. The molecule has 0 aromatic heterocycles. The number of carbonyl (C=O) groups excluding carboxylic acids is 1. The number of halogens is 1. The molecule has 5 heteroatoms. The Kier molecular flexibility index (Phi) is 3.84. The fraction of sp³-hybridized carbons (Fsp3) is 0.900. The third-order valence-corrected chi connectivity index (χ3v) is 4.10. The van der Waals surface area contributed by atoms with Gasteiger partial charge in [0.2, 0.25) is 5.91 Å². The summed E-state index contributed by atoms with van der Waals surface area (Å²) in [6, 6.07) is 0. The Hall–Kier alpha value is 0.120.